The van der Waals surface area contributed by atoms with Gasteiger partial charge in [0.15, 0.2) is 11.6 Å². The minimum absolute atomic E-state index is 0.205. The molecule has 0 N–H and O–H groups in total. The fourth-order valence-corrected chi connectivity index (χ4v) is 2.85. The summed E-state index contributed by atoms with van der Waals surface area (Å²) in [6, 6.07) is 0. The molecule has 0 bridgehead atoms. The smallest absolute Gasteiger partial charge is 0.192 e. The maximum atomic E-state index is 11.8. The summed E-state index contributed by atoms with van der Waals surface area (Å²) in [5.74, 6) is -0.0480. The van der Waals surface area contributed by atoms with Crippen molar-refractivity contribution in [1.82, 2.24) is 0 Å². The van der Waals surface area contributed by atoms with Gasteiger partial charge in [0.1, 0.15) is 0 Å². The zero-order valence-electron chi connectivity index (χ0n) is 8.50. The van der Waals surface area contributed by atoms with Gasteiger partial charge in [-0.2, -0.15) is 0 Å². The molecule has 1 saturated carbocycles. The quantitative estimate of drug-likeness (QED) is 0.582. The van der Waals surface area contributed by atoms with Crippen LogP contribution in [0.2, 0.25) is 0 Å². The van der Waals surface area contributed by atoms with Crippen molar-refractivity contribution < 1.29 is 14.3 Å². The van der Waals surface area contributed by atoms with E-state index < -0.39 is 5.79 Å². The molecule has 14 heavy (non-hydrogen) atoms. The summed E-state index contributed by atoms with van der Waals surface area (Å²) >= 11 is 0. The Labute approximate surface area is 83.1 Å². The lowest BCUT2D eigenvalue weighted by molar-refractivity contribution is -0.151. The Kier molecular flexibility index (Phi) is 1.41. The molecule has 3 heteroatoms. The third-order valence-electron chi connectivity index (χ3n) is 3.76. The molecule has 0 amide bonds. The third-order valence-corrected chi connectivity index (χ3v) is 3.76. The Bertz CT molecular complexity index is 338. The van der Waals surface area contributed by atoms with Crippen molar-refractivity contribution in [2.24, 2.45) is 11.3 Å². The number of fused-ring (bicyclic) bond motifs is 2. The molecule has 2 atom stereocenters. The number of carbonyl (C=O) groups is 1. The predicted molar refractivity (Wildman–Crippen MR) is 49.6 cm³/mol. The summed E-state index contributed by atoms with van der Waals surface area (Å²) in [5.41, 5.74) is 0.589. The Morgan fingerprint density at radius 1 is 1.43 bits per heavy atom. The standard InChI is InChI=1S/C11H14O3/c1-7-5-11(13-3-4-14-11)8-6-10(8,2)9(7)12/h5,8H,3-4,6H2,1-2H3. The summed E-state index contributed by atoms with van der Waals surface area (Å²) in [5, 5.41) is 0. The molecule has 1 spiro atoms. The van der Waals surface area contributed by atoms with E-state index in [1.165, 1.54) is 0 Å². The van der Waals surface area contributed by atoms with E-state index in [-0.39, 0.29) is 17.1 Å². The lowest BCUT2D eigenvalue weighted by Crippen LogP contribution is -2.39. The van der Waals surface area contributed by atoms with Gasteiger partial charge in [0.2, 0.25) is 0 Å². The van der Waals surface area contributed by atoms with Gasteiger partial charge < -0.3 is 9.47 Å². The summed E-state index contributed by atoms with van der Waals surface area (Å²) < 4.78 is 11.3. The van der Waals surface area contributed by atoms with Crippen molar-refractivity contribution in [2.45, 2.75) is 26.1 Å². The van der Waals surface area contributed by atoms with Crippen molar-refractivity contribution in [3.63, 3.8) is 0 Å². The molecular weight excluding hydrogens is 180 g/mol. The van der Waals surface area contributed by atoms with E-state index in [9.17, 15) is 4.79 Å². The molecule has 76 valence electrons. The lowest BCUT2D eigenvalue weighted by atomic mass is 9.85. The topological polar surface area (TPSA) is 35.5 Å². The van der Waals surface area contributed by atoms with Crippen molar-refractivity contribution >= 4 is 5.78 Å². The van der Waals surface area contributed by atoms with Crippen LogP contribution < -0.4 is 0 Å². The molecule has 0 aromatic rings. The molecule has 2 aliphatic carbocycles. The van der Waals surface area contributed by atoms with E-state index in [2.05, 4.69) is 0 Å². The Morgan fingerprint density at radius 2 is 2.07 bits per heavy atom. The number of ketones is 1. The number of ether oxygens (including phenoxy) is 2. The van der Waals surface area contributed by atoms with Crippen molar-refractivity contribution in [2.75, 3.05) is 13.2 Å². The first-order valence-electron chi connectivity index (χ1n) is 5.11. The molecule has 1 heterocycles. The van der Waals surface area contributed by atoms with Gasteiger partial charge in [0, 0.05) is 11.3 Å². The van der Waals surface area contributed by atoms with Gasteiger partial charge in [-0.3, -0.25) is 4.79 Å². The zero-order valence-corrected chi connectivity index (χ0v) is 8.50. The second kappa shape index (κ2) is 2.28. The Balaban J connectivity index is 2.06. The van der Waals surface area contributed by atoms with Crippen LogP contribution in [-0.2, 0) is 14.3 Å². The first-order valence-corrected chi connectivity index (χ1v) is 5.11. The third kappa shape index (κ3) is 0.823. The minimum Gasteiger partial charge on any atom is -0.344 e. The van der Waals surface area contributed by atoms with Crippen LogP contribution in [0.1, 0.15) is 20.3 Å². The molecule has 0 aromatic heterocycles. The van der Waals surface area contributed by atoms with E-state index in [4.69, 9.17) is 9.47 Å². The average Bonchev–Trinajstić information content (AvgIpc) is 2.67. The Morgan fingerprint density at radius 3 is 2.71 bits per heavy atom. The van der Waals surface area contributed by atoms with E-state index in [1.807, 2.05) is 19.9 Å². The molecule has 3 rings (SSSR count). The van der Waals surface area contributed by atoms with E-state index in [1.54, 1.807) is 0 Å². The molecule has 3 nitrogen and oxygen atoms in total. The van der Waals surface area contributed by atoms with Gasteiger partial charge in [-0.25, -0.2) is 0 Å². The van der Waals surface area contributed by atoms with E-state index in [0.29, 0.717) is 13.2 Å². The fraction of sp³-hybridized carbons (Fsp3) is 0.727. The number of rotatable bonds is 0. The second-order valence-electron chi connectivity index (χ2n) is 4.75. The van der Waals surface area contributed by atoms with Gasteiger partial charge >= 0.3 is 0 Å². The summed E-state index contributed by atoms with van der Waals surface area (Å²) in [4.78, 5) is 11.8. The number of carbonyl (C=O) groups excluding carboxylic acids is 1. The number of allylic oxidation sites excluding steroid dienone is 1. The van der Waals surface area contributed by atoms with Crippen LogP contribution in [0.15, 0.2) is 11.6 Å². The van der Waals surface area contributed by atoms with Crippen LogP contribution in [0, 0.1) is 11.3 Å². The first-order chi connectivity index (χ1) is 6.58. The van der Waals surface area contributed by atoms with Crippen molar-refractivity contribution in [3.8, 4) is 0 Å². The van der Waals surface area contributed by atoms with Crippen molar-refractivity contribution in [3.05, 3.63) is 11.6 Å². The highest BCUT2D eigenvalue weighted by Gasteiger charge is 2.69. The second-order valence-corrected chi connectivity index (χ2v) is 4.75. The summed E-state index contributed by atoms with van der Waals surface area (Å²) in [6.45, 7) is 5.16. The van der Waals surface area contributed by atoms with Crippen LogP contribution in [0.5, 0.6) is 0 Å². The number of hydrogen-bond acceptors (Lipinski definition) is 3. The van der Waals surface area contributed by atoms with Gasteiger partial charge in [0.25, 0.3) is 0 Å². The predicted octanol–water partition coefficient (Wildman–Crippen LogP) is 1.28. The maximum absolute atomic E-state index is 11.8. The number of hydrogen-bond donors (Lipinski definition) is 0. The van der Waals surface area contributed by atoms with E-state index >= 15 is 0 Å². The zero-order chi connectivity index (χ0) is 9.97. The van der Waals surface area contributed by atoms with E-state index in [0.717, 1.165) is 12.0 Å². The van der Waals surface area contributed by atoms with Crippen molar-refractivity contribution in [1.29, 1.82) is 0 Å². The number of Topliss-reactive ketones (excluding diaryl/α,β-unsaturated/α-hetero) is 1. The summed E-state index contributed by atoms with van der Waals surface area (Å²) in [6.07, 6.45) is 2.78. The molecule has 3 aliphatic rings. The molecule has 2 fully saturated rings. The molecule has 0 radical (unpaired) electrons. The van der Waals surface area contributed by atoms with Crippen LogP contribution in [0.25, 0.3) is 0 Å². The van der Waals surface area contributed by atoms with Crippen LogP contribution in [0.3, 0.4) is 0 Å². The summed E-state index contributed by atoms with van der Waals surface area (Å²) in [7, 11) is 0. The lowest BCUT2D eigenvalue weighted by Gasteiger charge is -2.30. The SMILES string of the molecule is CC1=CC2(OCCO2)C2CC2(C)C1=O. The molecule has 2 unspecified atom stereocenters. The van der Waals surface area contributed by atoms with Crippen LogP contribution in [-0.4, -0.2) is 24.8 Å². The normalized spacial score (nSPS) is 43.7. The fourth-order valence-electron chi connectivity index (χ4n) is 2.85. The molecule has 0 aromatic carbocycles. The van der Waals surface area contributed by atoms with Crippen LogP contribution >= 0.6 is 0 Å². The van der Waals surface area contributed by atoms with Gasteiger partial charge in [-0.05, 0) is 25.0 Å². The maximum Gasteiger partial charge on any atom is 0.192 e. The highest BCUT2D eigenvalue weighted by Crippen LogP contribution is 2.64. The highest BCUT2D eigenvalue weighted by molar-refractivity contribution is 6.03. The van der Waals surface area contributed by atoms with Gasteiger partial charge in [-0.1, -0.05) is 6.92 Å². The average molecular weight is 194 g/mol. The van der Waals surface area contributed by atoms with Gasteiger partial charge in [0.05, 0.1) is 13.2 Å². The van der Waals surface area contributed by atoms with Gasteiger partial charge in [-0.15, -0.1) is 0 Å². The first kappa shape index (κ1) is 8.62. The molecular formula is C11H14O3. The van der Waals surface area contributed by atoms with Crippen LogP contribution in [0.4, 0.5) is 0 Å². The minimum atomic E-state index is -0.563. The molecule has 1 saturated heterocycles. The highest BCUT2D eigenvalue weighted by atomic mass is 16.7. The Hall–Kier alpha value is -0.670. The monoisotopic (exact) mass is 194 g/mol. The molecule has 1 aliphatic heterocycles. The largest absolute Gasteiger partial charge is 0.344 e.